The van der Waals surface area contributed by atoms with E-state index >= 15 is 0 Å². The van der Waals surface area contributed by atoms with Gasteiger partial charge in [0.15, 0.2) is 0 Å². The molecule has 1 saturated heterocycles. The molecule has 3 rings (SSSR count). The van der Waals surface area contributed by atoms with Crippen LogP contribution in [0.15, 0.2) is 48.0 Å². The standard InChI is InChI=1S/C26H31NO6/c1-5-14-33-20-10-7-18(8-11-20)23-22(25(29)26(30)27(23)13-15-31-4)24(28)19-9-12-21(32-6-2)17(3)16-19/h7-12,16,23,28H,5-6,13-15H2,1-4H3/b24-22-. The summed E-state index contributed by atoms with van der Waals surface area (Å²) in [6.45, 7) is 7.40. The number of aryl methyl sites for hydroxylation is 1. The summed E-state index contributed by atoms with van der Waals surface area (Å²) in [6.07, 6.45) is 0.889. The Balaban J connectivity index is 2.07. The van der Waals surface area contributed by atoms with Gasteiger partial charge in [0.25, 0.3) is 11.7 Å². The Bertz CT molecular complexity index is 1030. The van der Waals surface area contributed by atoms with Crippen molar-refractivity contribution in [2.24, 2.45) is 0 Å². The second-order valence-electron chi connectivity index (χ2n) is 7.82. The van der Waals surface area contributed by atoms with Gasteiger partial charge in [-0.25, -0.2) is 0 Å². The van der Waals surface area contributed by atoms with E-state index in [4.69, 9.17) is 14.2 Å². The quantitative estimate of drug-likeness (QED) is 0.329. The molecule has 7 heteroatoms. The summed E-state index contributed by atoms with van der Waals surface area (Å²) in [4.78, 5) is 27.4. The lowest BCUT2D eigenvalue weighted by atomic mass is 9.94. The minimum Gasteiger partial charge on any atom is -0.507 e. The van der Waals surface area contributed by atoms with Crippen LogP contribution in [-0.4, -0.2) is 55.2 Å². The molecule has 0 radical (unpaired) electrons. The van der Waals surface area contributed by atoms with Gasteiger partial charge >= 0.3 is 0 Å². The van der Waals surface area contributed by atoms with Crippen LogP contribution in [0.1, 0.15) is 43.0 Å². The average molecular weight is 454 g/mol. The molecule has 1 amide bonds. The number of hydrogen-bond acceptors (Lipinski definition) is 6. The number of likely N-dealkylation sites (tertiary alicyclic amines) is 1. The third-order valence-electron chi connectivity index (χ3n) is 5.49. The molecule has 1 N–H and O–H groups in total. The molecule has 2 aromatic rings. The Morgan fingerprint density at radius 2 is 1.76 bits per heavy atom. The number of methoxy groups -OCH3 is 1. The molecule has 0 aliphatic carbocycles. The smallest absolute Gasteiger partial charge is 0.295 e. The van der Waals surface area contributed by atoms with Gasteiger partial charge in [0.2, 0.25) is 0 Å². The fourth-order valence-electron chi connectivity index (χ4n) is 3.88. The van der Waals surface area contributed by atoms with E-state index < -0.39 is 17.7 Å². The number of ketones is 1. The van der Waals surface area contributed by atoms with Gasteiger partial charge in [-0.2, -0.15) is 0 Å². The SMILES string of the molecule is CCCOc1ccc(C2/C(=C(/O)c3ccc(OCC)c(C)c3)C(=O)C(=O)N2CCOC)cc1. The van der Waals surface area contributed by atoms with Crippen molar-refractivity contribution in [1.82, 2.24) is 4.90 Å². The van der Waals surface area contributed by atoms with Crippen molar-refractivity contribution < 1.29 is 28.9 Å². The van der Waals surface area contributed by atoms with E-state index in [0.29, 0.717) is 35.8 Å². The molecule has 1 fully saturated rings. The van der Waals surface area contributed by atoms with Gasteiger partial charge in [0.05, 0.1) is 31.4 Å². The van der Waals surface area contributed by atoms with Gasteiger partial charge < -0.3 is 24.2 Å². The molecule has 0 aromatic heterocycles. The summed E-state index contributed by atoms with van der Waals surface area (Å²) < 4.78 is 16.4. The number of carbonyl (C=O) groups excluding carboxylic acids is 2. The van der Waals surface area contributed by atoms with E-state index in [9.17, 15) is 14.7 Å². The zero-order valence-electron chi connectivity index (χ0n) is 19.6. The molecule has 176 valence electrons. The normalized spacial score (nSPS) is 17.5. The molecule has 7 nitrogen and oxygen atoms in total. The number of nitrogens with zero attached hydrogens (tertiary/aromatic N) is 1. The van der Waals surface area contributed by atoms with Crippen molar-refractivity contribution in [2.75, 3.05) is 33.5 Å². The summed E-state index contributed by atoms with van der Waals surface area (Å²) in [5.74, 6) is -0.180. The van der Waals surface area contributed by atoms with E-state index in [1.807, 2.05) is 45.0 Å². The second kappa shape index (κ2) is 11.0. The van der Waals surface area contributed by atoms with Crippen molar-refractivity contribution in [3.05, 3.63) is 64.7 Å². The summed E-state index contributed by atoms with van der Waals surface area (Å²) in [5, 5.41) is 11.2. The van der Waals surface area contributed by atoms with Crippen LogP contribution in [0.5, 0.6) is 11.5 Å². The van der Waals surface area contributed by atoms with Crippen molar-refractivity contribution in [1.29, 1.82) is 0 Å². The Kier molecular flexibility index (Phi) is 8.11. The monoisotopic (exact) mass is 453 g/mol. The summed E-state index contributed by atoms with van der Waals surface area (Å²) in [6, 6.07) is 11.7. The molecule has 33 heavy (non-hydrogen) atoms. The highest BCUT2D eigenvalue weighted by atomic mass is 16.5. The zero-order chi connectivity index (χ0) is 24.0. The van der Waals surface area contributed by atoms with Crippen molar-refractivity contribution in [3.8, 4) is 11.5 Å². The first-order valence-corrected chi connectivity index (χ1v) is 11.2. The highest BCUT2D eigenvalue weighted by Gasteiger charge is 2.45. The molecular formula is C26H31NO6. The number of ether oxygens (including phenoxy) is 3. The number of Topliss-reactive ketones (excluding diaryl/α,β-unsaturated/α-hetero) is 1. The topological polar surface area (TPSA) is 85.3 Å². The van der Waals surface area contributed by atoms with E-state index in [0.717, 1.165) is 12.0 Å². The first-order chi connectivity index (χ1) is 15.9. The van der Waals surface area contributed by atoms with Gasteiger partial charge in [-0.05, 0) is 61.7 Å². The highest BCUT2D eigenvalue weighted by Crippen LogP contribution is 2.40. The molecule has 1 aliphatic rings. The van der Waals surface area contributed by atoms with Crippen LogP contribution in [0.2, 0.25) is 0 Å². The summed E-state index contributed by atoms with van der Waals surface area (Å²) in [7, 11) is 1.54. The van der Waals surface area contributed by atoms with E-state index in [1.54, 1.807) is 18.2 Å². The molecule has 1 aliphatic heterocycles. The van der Waals surface area contributed by atoms with Gasteiger partial charge in [0, 0.05) is 19.2 Å². The molecule has 1 unspecified atom stereocenters. The van der Waals surface area contributed by atoms with Crippen LogP contribution in [-0.2, 0) is 14.3 Å². The van der Waals surface area contributed by atoms with Crippen LogP contribution < -0.4 is 9.47 Å². The number of hydrogen-bond donors (Lipinski definition) is 1. The van der Waals surface area contributed by atoms with Crippen LogP contribution in [0.3, 0.4) is 0 Å². The fourth-order valence-corrected chi connectivity index (χ4v) is 3.88. The minimum absolute atomic E-state index is 0.0573. The lowest BCUT2D eigenvalue weighted by molar-refractivity contribution is -0.140. The Labute approximate surface area is 194 Å². The predicted molar refractivity (Wildman–Crippen MR) is 125 cm³/mol. The predicted octanol–water partition coefficient (Wildman–Crippen LogP) is 4.25. The third-order valence-corrected chi connectivity index (χ3v) is 5.49. The Hall–Kier alpha value is -3.32. The van der Waals surface area contributed by atoms with Gasteiger partial charge in [-0.1, -0.05) is 19.1 Å². The van der Waals surface area contributed by atoms with Gasteiger partial charge in [0.1, 0.15) is 17.3 Å². The number of benzene rings is 2. The lowest BCUT2D eigenvalue weighted by Crippen LogP contribution is -2.32. The molecule has 0 saturated carbocycles. The summed E-state index contributed by atoms with van der Waals surface area (Å²) >= 11 is 0. The molecule has 0 bridgehead atoms. The van der Waals surface area contributed by atoms with Gasteiger partial charge in [-0.3, -0.25) is 9.59 Å². The van der Waals surface area contributed by atoms with Gasteiger partial charge in [-0.15, -0.1) is 0 Å². The summed E-state index contributed by atoms with van der Waals surface area (Å²) in [5.41, 5.74) is 2.04. The number of amides is 1. The van der Waals surface area contributed by atoms with Crippen molar-refractivity contribution in [2.45, 2.75) is 33.2 Å². The highest BCUT2D eigenvalue weighted by molar-refractivity contribution is 6.46. The van der Waals surface area contributed by atoms with Crippen LogP contribution in [0, 0.1) is 6.92 Å². The van der Waals surface area contributed by atoms with E-state index in [2.05, 4.69) is 0 Å². The maximum absolute atomic E-state index is 13.0. The average Bonchev–Trinajstić information content (AvgIpc) is 3.07. The molecular weight excluding hydrogens is 422 g/mol. The zero-order valence-corrected chi connectivity index (χ0v) is 19.6. The molecule has 1 heterocycles. The molecule has 2 aromatic carbocycles. The first-order valence-electron chi connectivity index (χ1n) is 11.2. The van der Waals surface area contributed by atoms with Crippen LogP contribution in [0.25, 0.3) is 5.76 Å². The van der Waals surface area contributed by atoms with E-state index in [-0.39, 0.29) is 24.5 Å². The second-order valence-corrected chi connectivity index (χ2v) is 7.82. The van der Waals surface area contributed by atoms with Crippen LogP contribution in [0.4, 0.5) is 0 Å². The van der Waals surface area contributed by atoms with Crippen molar-refractivity contribution >= 4 is 17.4 Å². The number of aliphatic hydroxyl groups excluding tert-OH is 1. The fraction of sp³-hybridized carbons (Fsp3) is 0.385. The molecule has 0 spiro atoms. The van der Waals surface area contributed by atoms with Crippen molar-refractivity contribution in [3.63, 3.8) is 0 Å². The number of aliphatic hydroxyl groups is 1. The Morgan fingerprint density at radius 3 is 2.36 bits per heavy atom. The first kappa shape index (κ1) is 24.3. The maximum Gasteiger partial charge on any atom is 0.295 e. The third kappa shape index (κ3) is 5.20. The Morgan fingerprint density at radius 1 is 1.03 bits per heavy atom. The van der Waals surface area contributed by atoms with E-state index in [1.165, 1.54) is 12.0 Å². The lowest BCUT2D eigenvalue weighted by Gasteiger charge is -2.25. The number of rotatable bonds is 10. The maximum atomic E-state index is 13.0. The minimum atomic E-state index is -0.729. The number of carbonyl (C=O) groups is 2. The van der Waals surface area contributed by atoms with Crippen LogP contribution >= 0.6 is 0 Å². The molecule has 1 atom stereocenters. The largest absolute Gasteiger partial charge is 0.507 e.